The number of hydrogen-bond acceptors (Lipinski definition) is 5. The van der Waals surface area contributed by atoms with Gasteiger partial charge in [0.05, 0.1) is 11.8 Å². The van der Waals surface area contributed by atoms with Crippen LogP contribution in [-0.4, -0.2) is 39.5 Å². The van der Waals surface area contributed by atoms with E-state index in [-0.39, 0.29) is 34.3 Å². The van der Waals surface area contributed by atoms with E-state index in [1.807, 2.05) is 0 Å². The molecule has 1 N–H and O–H groups in total. The van der Waals surface area contributed by atoms with Crippen LogP contribution in [0.3, 0.4) is 0 Å². The molecule has 1 heterocycles. The number of Topliss-reactive ketones (excluding diaryl/α,β-unsaturated/α-hetero) is 1. The van der Waals surface area contributed by atoms with Gasteiger partial charge in [-0.1, -0.05) is 35.9 Å². The van der Waals surface area contributed by atoms with Crippen molar-refractivity contribution < 1.29 is 27.6 Å². The summed E-state index contributed by atoms with van der Waals surface area (Å²) < 4.78 is 41.7. The van der Waals surface area contributed by atoms with Crippen LogP contribution in [0.4, 0.5) is 18.9 Å². The molecular formula is C29H26ClF3N4O3. The first-order valence-corrected chi connectivity index (χ1v) is 13.3. The van der Waals surface area contributed by atoms with Gasteiger partial charge in [-0.2, -0.15) is 0 Å². The number of alkyl halides is 2. The van der Waals surface area contributed by atoms with Gasteiger partial charge in [0.1, 0.15) is 23.5 Å². The van der Waals surface area contributed by atoms with Gasteiger partial charge in [-0.3, -0.25) is 19.3 Å². The third-order valence-corrected chi connectivity index (χ3v) is 7.68. The van der Waals surface area contributed by atoms with Gasteiger partial charge < -0.3 is 5.32 Å². The highest BCUT2D eigenvalue weighted by Gasteiger charge is 2.48. The number of halogens is 4. The molecule has 7 nitrogen and oxygen atoms in total. The van der Waals surface area contributed by atoms with Gasteiger partial charge in [0, 0.05) is 54.0 Å². The number of ketones is 1. The third-order valence-electron chi connectivity index (χ3n) is 7.34. The number of amides is 2. The zero-order valence-electron chi connectivity index (χ0n) is 21.3. The van der Waals surface area contributed by atoms with Crippen molar-refractivity contribution in [2.45, 2.75) is 56.0 Å². The molecule has 3 aromatic rings. The molecule has 0 aliphatic heterocycles. The monoisotopic (exact) mass is 570 g/mol. The van der Waals surface area contributed by atoms with E-state index >= 15 is 0 Å². The molecule has 3 atom stereocenters. The lowest BCUT2D eigenvalue weighted by molar-refractivity contribution is -0.135. The van der Waals surface area contributed by atoms with E-state index in [0.29, 0.717) is 12.8 Å². The minimum Gasteiger partial charge on any atom is -0.351 e. The summed E-state index contributed by atoms with van der Waals surface area (Å²) in [5.74, 6) is -6.89. The van der Waals surface area contributed by atoms with Crippen molar-refractivity contribution in [1.29, 1.82) is 0 Å². The van der Waals surface area contributed by atoms with Crippen molar-refractivity contribution in [3.05, 3.63) is 89.2 Å². The van der Waals surface area contributed by atoms with Crippen LogP contribution in [0.2, 0.25) is 5.02 Å². The van der Waals surface area contributed by atoms with Gasteiger partial charge in [0.15, 0.2) is 0 Å². The number of nitrogens with one attached hydrogen (secondary N) is 1. The van der Waals surface area contributed by atoms with E-state index in [1.54, 1.807) is 24.3 Å². The maximum absolute atomic E-state index is 14.5. The Morgan fingerprint density at radius 2 is 1.77 bits per heavy atom. The van der Waals surface area contributed by atoms with E-state index < -0.39 is 60.3 Å². The molecule has 2 aromatic carbocycles. The van der Waals surface area contributed by atoms with E-state index in [1.165, 1.54) is 36.7 Å². The van der Waals surface area contributed by atoms with Crippen molar-refractivity contribution in [1.82, 2.24) is 15.3 Å². The Morgan fingerprint density at radius 1 is 1.05 bits per heavy atom. The Balaban J connectivity index is 1.61. The number of rotatable bonds is 7. The van der Waals surface area contributed by atoms with E-state index in [0.717, 1.165) is 11.0 Å². The normalized spacial score (nSPS) is 21.2. The summed E-state index contributed by atoms with van der Waals surface area (Å²) in [5, 5.41) is 2.77. The highest BCUT2D eigenvalue weighted by molar-refractivity contribution is 6.31. The number of aromatic nitrogens is 2. The molecule has 0 saturated heterocycles. The first-order chi connectivity index (χ1) is 19.1. The second-order valence-corrected chi connectivity index (χ2v) is 10.5. The zero-order chi connectivity index (χ0) is 28.4. The third kappa shape index (κ3) is 5.72. The lowest BCUT2D eigenvalue weighted by Gasteiger charge is -2.40. The van der Waals surface area contributed by atoms with Gasteiger partial charge >= 0.3 is 0 Å². The van der Waals surface area contributed by atoms with Gasteiger partial charge in [-0.05, 0) is 43.2 Å². The Labute approximate surface area is 233 Å². The highest BCUT2D eigenvalue weighted by atomic mass is 35.5. The van der Waals surface area contributed by atoms with Crippen LogP contribution in [0.25, 0.3) is 0 Å². The lowest BCUT2D eigenvalue weighted by Crippen LogP contribution is -2.55. The minimum atomic E-state index is -2.89. The summed E-state index contributed by atoms with van der Waals surface area (Å²) in [5.41, 5.74) is 0.273. The van der Waals surface area contributed by atoms with Crippen LogP contribution in [0.1, 0.15) is 55.5 Å². The van der Waals surface area contributed by atoms with Crippen molar-refractivity contribution in [2.24, 2.45) is 5.92 Å². The Morgan fingerprint density at radius 3 is 2.45 bits per heavy atom. The van der Waals surface area contributed by atoms with Crippen LogP contribution in [0.15, 0.2) is 67.0 Å². The molecule has 0 bridgehead atoms. The van der Waals surface area contributed by atoms with Crippen LogP contribution >= 0.6 is 11.6 Å². The zero-order valence-corrected chi connectivity index (χ0v) is 22.0. The summed E-state index contributed by atoms with van der Waals surface area (Å²) in [6, 6.07) is 10.8. The average Bonchev–Trinajstić information content (AvgIpc) is 2.91. The van der Waals surface area contributed by atoms with Crippen LogP contribution < -0.4 is 10.2 Å². The van der Waals surface area contributed by atoms with Crippen LogP contribution in [0.5, 0.6) is 0 Å². The van der Waals surface area contributed by atoms with Crippen LogP contribution in [0, 0.1) is 11.7 Å². The summed E-state index contributed by atoms with van der Waals surface area (Å²) in [4.78, 5) is 51.0. The average molecular weight is 571 g/mol. The molecule has 0 radical (unpaired) electrons. The first-order valence-electron chi connectivity index (χ1n) is 13.0. The Kier molecular flexibility index (Phi) is 7.89. The van der Waals surface area contributed by atoms with E-state index in [4.69, 9.17) is 11.6 Å². The fraction of sp³-hybridized carbons (Fsp3) is 0.345. The van der Waals surface area contributed by atoms with Crippen molar-refractivity contribution >= 4 is 34.9 Å². The molecule has 2 fully saturated rings. The van der Waals surface area contributed by atoms with Gasteiger partial charge in [0.2, 0.25) is 11.8 Å². The van der Waals surface area contributed by atoms with Gasteiger partial charge in [-0.25, -0.2) is 23.1 Å². The molecule has 2 saturated carbocycles. The van der Waals surface area contributed by atoms with Crippen LogP contribution in [-0.2, 0) is 14.4 Å². The summed E-state index contributed by atoms with van der Waals surface area (Å²) in [6.07, 6.45) is 2.84. The molecule has 2 amide bonds. The maximum atomic E-state index is 14.5. The number of nitrogens with zero attached hydrogens (tertiary/aromatic N) is 3. The largest absolute Gasteiger partial charge is 0.351 e. The molecule has 1 aromatic heterocycles. The molecular weight excluding hydrogens is 545 g/mol. The van der Waals surface area contributed by atoms with Crippen molar-refractivity contribution in [2.75, 3.05) is 4.90 Å². The second-order valence-electron chi connectivity index (χ2n) is 10.1. The quantitative estimate of drug-likeness (QED) is 0.410. The number of carbonyl (C=O) groups excluding carboxylic acids is 3. The summed E-state index contributed by atoms with van der Waals surface area (Å²) in [6.45, 7) is 0. The predicted octanol–water partition coefficient (Wildman–Crippen LogP) is 5.41. The van der Waals surface area contributed by atoms with Gasteiger partial charge in [0.25, 0.3) is 5.92 Å². The fourth-order valence-electron chi connectivity index (χ4n) is 5.45. The minimum absolute atomic E-state index is 0.0507. The Hall–Kier alpha value is -3.79. The number of carbonyl (C=O) groups is 3. The fourth-order valence-corrected chi connectivity index (χ4v) is 5.69. The van der Waals surface area contributed by atoms with Crippen molar-refractivity contribution in [3.63, 3.8) is 0 Å². The maximum Gasteiger partial charge on any atom is 0.252 e. The first kappa shape index (κ1) is 27.8. The standard InChI is InChI=1S/C29H26ClF3N4O3/c30-22-10-2-1-8-20(22)25(27(39)36-18-15-29(32,33)16-18)37(19-7-3-6-17(31)14-19)28(40)21-9-4-11-23(38)24(21)26-34-12-5-13-35-26/h1-3,5-8,10,12-14,18,21,24-25H,4,9,11,15-16H2,(H,36,39)/t21-,24?,25?/m1/s1. The number of hydrogen-bond donors (Lipinski definition) is 1. The molecule has 2 aliphatic rings. The Bertz CT molecular complexity index is 1420. The molecule has 11 heteroatoms. The topological polar surface area (TPSA) is 92.3 Å². The molecule has 0 spiro atoms. The lowest BCUT2D eigenvalue weighted by atomic mass is 9.76. The highest BCUT2D eigenvalue weighted by Crippen LogP contribution is 2.41. The van der Waals surface area contributed by atoms with E-state index in [2.05, 4.69) is 15.3 Å². The van der Waals surface area contributed by atoms with Gasteiger partial charge in [-0.15, -0.1) is 0 Å². The molecule has 208 valence electrons. The number of anilines is 1. The predicted molar refractivity (Wildman–Crippen MR) is 141 cm³/mol. The van der Waals surface area contributed by atoms with Crippen molar-refractivity contribution in [3.8, 4) is 0 Å². The second kappa shape index (κ2) is 11.4. The SMILES string of the molecule is O=C1CCC[C@@H](C(=O)N(c2cccc(F)c2)C(C(=O)NC2CC(F)(F)C2)c2ccccc2Cl)C1c1ncccn1. The molecule has 40 heavy (non-hydrogen) atoms. The number of benzene rings is 2. The molecule has 2 aliphatic carbocycles. The smallest absolute Gasteiger partial charge is 0.252 e. The molecule has 5 rings (SSSR count). The molecule has 2 unspecified atom stereocenters. The summed E-state index contributed by atoms with van der Waals surface area (Å²) in [7, 11) is 0. The van der Waals surface area contributed by atoms with E-state index in [9.17, 15) is 27.6 Å². The summed E-state index contributed by atoms with van der Waals surface area (Å²) >= 11 is 6.51.